The molecule has 1 fully saturated rings. The summed E-state index contributed by atoms with van der Waals surface area (Å²) in [7, 11) is 0. The lowest BCUT2D eigenvalue weighted by atomic mass is 10.1. The van der Waals surface area contributed by atoms with Gasteiger partial charge in [0, 0.05) is 23.1 Å². The third-order valence-electron chi connectivity index (χ3n) is 2.98. The molecule has 3 heteroatoms. The van der Waals surface area contributed by atoms with Gasteiger partial charge in [0.05, 0.1) is 0 Å². The van der Waals surface area contributed by atoms with E-state index in [1.165, 1.54) is 18.9 Å². The maximum Gasteiger partial charge on any atom is 0.127 e. The van der Waals surface area contributed by atoms with E-state index in [0.29, 0.717) is 12.0 Å². The van der Waals surface area contributed by atoms with Crippen LogP contribution in [0.15, 0.2) is 22.7 Å². The maximum absolute atomic E-state index is 13.3. The van der Waals surface area contributed by atoms with Gasteiger partial charge in [-0.3, -0.25) is 0 Å². The monoisotopic (exact) mass is 271 g/mol. The number of halogens is 2. The van der Waals surface area contributed by atoms with E-state index in [-0.39, 0.29) is 5.82 Å². The van der Waals surface area contributed by atoms with Crippen molar-refractivity contribution in [2.75, 3.05) is 6.54 Å². The molecule has 0 saturated heterocycles. The van der Waals surface area contributed by atoms with Gasteiger partial charge in [0.1, 0.15) is 5.82 Å². The van der Waals surface area contributed by atoms with Crippen LogP contribution in [0.5, 0.6) is 0 Å². The molecular weight excluding hydrogens is 257 g/mol. The molecule has 1 aliphatic carbocycles. The molecule has 0 radical (unpaired) electrons. The molecule has 0 spiro atoms. The molecule has 1 N–H and O–H groups in total. The van der Waals surface area contributed by atoms with Crippen LogP contribution >= 0.6 is 15.9 Å². The van der Waals surface area contributed by atoms with Crippen molar-refractivity contribution in [3.8, 4) is 0 Å². The second-order valence-corrected chi connectivity index (χ2v) is 5.57. The Hall–Kier alpha value is -0.410. The molecule has 1 aromatic carbocycles. The molecule has 1 aromatic rings. The first-order valence-corrected chi connectivity index (χ1v) is 6.03. The van der Waals surface area contributed by atoms with Crippen molar-refractivity contribution >= 4 is 15.9 Å². The van der Waals surface area contributed by atoms with E-state index in [9.17, 15) is 4.39 Å². The molecule has 0 unspecified atom stereocenters. The van der Waals surface area contributed by atoms with Gasteiger partial charge in [0.15, 0.2) is 0 Å². The molecule has 1 nitrogen and oxygen atoms in total. The van der Waals surface area contributed by atoms with Crippen LogP contribution in [0.4, 0.5) is 4.39 Å². The van der Waals surface area contributed by atoms with Gasteiger partial charge in [-0.15, -0.1) is 0 Å². The lowest BCUT2D eigenvalue weighted by Crippen LogP contribution is -2.22. The Morgan fingerprint density at radius 2 is 2.20 bits per heavy atom. The van der Waals surface area contributed by atoms with Crippen molar-refractivity contribution in [3.63, 3.8) is 0 Å². The minimum atomic E-state index is -0.133. The summed E-state index contributed by atoms with van der Waals surface area (Å²) < 4.78 is 14.3. The molecule has 1 saturated carbocycles. The van der Waals surface area contributed by atoms with Gasteiger partial charge in [-0.1, -0.05) is 22.9 Å². The van der Waals surface area contributed by atoms with Gasteiger partial charge in [-0.2, -0.15) is 0 Å². The number of hydrogen-bond donors (Lipinski definition) is 1. The summed E-state index contributed by atoms with van der Waals surface area (Å²) in [6, 6.07) is 5.05. The van der Waals surface area contributed by atoms with Crippen molar-refractivity contribution < 1.29 is 4.39 Å². The zero-order valence-corrected chi connectivity index (χ0v) is 10.4. The molecule has 0 heterocycles. The first-order chi connectivity index (χ1) is 7.09. The molecule has 82 valence electrons. The number of nitrogens with one attached hydrogen (secondary N) is 1. The van der Waals surface area contributed by atoms with Crippen LogP contribution in [0.25, 0.3) is 0 Å². The summed E-state index contributed by atoms with van der Waals surface area (Å²) in [5.41, 5.74) is 1.20. The fourth-order valence-electron chi connectivity index (χ4n) is 1.57. The second kappa shape index (κ2) is 4.22. The van der Waals surface area contributed by atoms with E-state index < -0.39 is 0 Å². The maximum atomic E-state index is 13.3. The van der Waals surface area contributed by atoms with Crippen molar-refractivity contribution in [1.29, 1.82) is 0 Å². The van der Waals surface area contributed by atoms with E-state index in [4.69, 9.17) is 0 Å². The van der Waals surface area contributed by atoms with Crippen molar-refractivity contribution in [3.05, 3.63) is 34.1 Å². The van der Waals surface area contributed by atoms with Crippen LogP contribution < -0.4 is 5.32 Å². The second-order valence-electron chi connectivity index (χ2n) is 4.65. The minimum absolute atomic E-state index is 0.133. The van der Waals surface area contributed by atoms with Crippen LogP contribution in [0.2, 0.25) is 0 Å². The van der Waals surface area contributed by atoms with Gasteiger partial charge in [-0.05, 0) is 36.5 Å². The van der Waals surface area contributed by atoms with Gasteiger partial charge in [0.25, 0.3) is 0 Å². The molecule has 0 aromatic heterocycles. The summed E-state index contributed by atoms with van der Waals surface area (Å²) in [5, 5.41) is 3.31. The lowest BCUT2D eigenvalue weighted by Gasteiger charge is -2.10. The summed E-state index contributed by atoms with van der Waals surface area (Å²) in [6.07, 6.45) is 2.59. The molecule has 15 heavy (non-hydrogen) atoms. The molecule has 2 rings (SSSR count). The first-order valence-electron chi connectivity index (χ1n) is 5.24. The highest BCUT2D eigenvalue weighted by Gasteiger charge is 2.36. The number of rotatable bonds is 4. The summed E-state index contributed by atoms with van der Waals surface area (Å²) in [6.45, 7) is 3.86. The number of benzene rings is 1. The topological polar surface area (TPSA) is 12.0 Å². The zero-order valence-electron chi connectivity index (χ0n) is 8.82. The Kier molecular flexibility index (Phi) is 3.12. The SMILES string of the molecule is CC1(CNCc2cc(Br)ccc2F)CC1. The summed E-state index contributed by atoms with van der Waals surface area (Å²) >= 11 is 3.35. The fourth-order valence-corrected chi connectivity index (χ4v) is 1.98. The van der Waals surface area contributed by atoms with Crippen LogP contribution in [0.3, 0.4) is 0 Å². The molecule has 0 bridgehead atoms. The van der Waals surface area contributed by atoms with Crippen LogP contribution in [0.1, 0.15) is 25.3 Å². The van der Waals surface area contributed by atoms with Crippen LogP contribution in [-0.4, -0.2) is 6.54 Å². The molecule has 0 aliphatic heterocycles. The number of hydrogen-bond acceptors (Lipinski definition) is 1. The third kappa shape index (κ3) is 3.02. The molecule has 0 amide bonds. The predicted molar refractivity (Wildman–Crippen MR) is 63.1 cm³/mol. The average molecular weight is 272 g/mol. The Morgan fingerprint density at radius 3 is 2.87 bits per heavy atom. The van der Waals surface area contributed by atoms with E-state index in [1.807, 2.05) is 6.07 Å². The highest BCUT2D eigenvalue weighted by Crippen LogP contribution is 2.44. The van der Waals surface area contributed by atoms with E-state index in [0.717, 1.165) is 16.6 Å². The lowest BCUT2D eigenvalue weighted by molar-refractivity contribution is 0.491. The van der Waals surface area contributed by atoms with E-state index in [2.05, 4.69) is 28.2 Å². The van der Waals surface area contributed by atoms with Crippen LogP contribution in [-0.2, 0) is 6.54 Å². The Labute approximate surface area is 98.2 Å². The summed E-state index contributed by atoms with van der Waals surface area (Å²) in [4.78, 5) is 0. The Morgan fingerprint density at radius 1 is 1.47 bits per heavy atom. The zero-order chi connectivity index (χ0) is 10.9. The van der Waals surface area contributed by atoms with Crippen molar-refractivity contribution in [1.82, 2.24) is 5.32 Å². The van der Waals surface area contributed by atoms with Crippen molar-refractivity contribution in [2.24, 2.45) is 5.41 Å². The highest BCUT2D eigenvalue weighted by atomic mass is 79.9. The van der Waals surface area contributed by atoms with E-state index in [1.54, 1.807) is 6.07 Å². The average Bonchev–Trinajstić information content (AvgIpc) is 2.90. The van der Waals surface area contributed by atoms with Gasteiger partial charge in [0.2, 0.25) is 0 Å². The third-order valence-corrected chi connectivity index (χ3v) is 3.47. The summed E-state index contributed by atoms with van der Waals surface area (Å²) in [5.74, 6) is -0.133. The largest absolute Gasteiger partial charge is 0.312 e. The highest BCUT2D eigenvalue weighted by molar-refractivity contribution is 9.10. The Balaban J connectivity index is 1.89. The van der Waals surface area contributed by atoms with Gasteiger partial charge in [-0.25, -0.2) is 4.39 Å². The van der Waals surface area contributed by atoms with Crippen LogP contribution in [0, 0.1) is 11.2 Å². The van der Waals surface area contributed by atoms with Gasteiger partial charge >= 0.3 is 0 Å². The molecular formula is C12H15BrFN. The smallest absolute Gasteiger partial charge is 0.127 e. The Bertz CT molecular complexity index is 361. The quantitative estimate of drug-likeness (QED) is 0.884. The van der Waals surface area contributed by atoms with Gasteiger partial charge < -0.3 is 5.32 Å². The minimum Gasteiger partial charge on any atom is -0.312 e. The van der Waals surface area contributed by atoms with E-state index >= 15 is 0 Å². The molecule has 1 aliphatic rings. The molecule has 0 atom stereocenters. The first kappa shape index (κ1) is 11.1. The van der Waals surface area contributed by atoms with Crippen molar-refractivity contribution in [2.45, 2.75) is 26.3 Å². The standard InChI is InChI=1S/C12H15BrFN/c1-12(4-5-12)8-15-7-9-6-10(13)2-3-11(9)14/h2-3,6,15H,4-5,7-8H2,1H3. The predicted octanol–water partition coefficient (Wildman–Crippen LogP) is 3.48. The fraction of sp³-hybridized carbons (Fsp3) is 0.500. The normalized spacial score (nSPS) is 17.8.